The normalized spacial score (nSPS) is 13.5. The van der Waals surface area contributed by atoms with Gasteiger partial charge in [-0.05, 0) is 12.0 Å². The molecule has 0 aliphatic carbocycles. The second-order valence-corrected chi connectivity index (χ2v) is 3.93. The molecule has 1 rings (SSSR count). The summed E-state index contributed by atoms with van der Waals surface area (Å²) in [7, 11) is 1.94. The first-order chi connectivity index (χ1) is 6.67. The van der Waals surface area contributed by atoms with Gasteiger partial charge in [-0.2, -0.15) is 5.10 Å². The van der Waals surface area contributed by atoms with Crippen LogP contribution in [0.5, 0.6) is 0 Å². The predicted octanol–water partition coefficient (Wildman–Crippen LogP) is 1.73. The summed E-state index contributed by atoms with van der Waals surface area (Å²) in [5, 5.41) is 4.34. The van der Waals surface area contributed by atoms with Gasteiger partial charge in [0.05, 0.1) is 5.69 Å². The van der Waals surface area contributed by atoms with E-state index in [0.717, 1.165) is 25.0 Å². The summed E-state index contributed by atoms with van der Waals surface area (Å²) >= 11 is 0. The third-order valence-corrected chi connectivity index (χ3v) is 2.87. The van der Waals surface area contributed by atoms with Crippen LogP contribution in [0.15, 0.2) is 12.3 Å². The number of hydrogen-bond donors (Lipinski definition) is 1. The lowest BCUT2D eigenvalue weighted by Crippen LogP contribution is -2.31. The van der Waals surface area contributed by atoms with Crippen molar-refractivity contribution in [1.82, 2.24) is 9.78 Å². The van der Waals surface area contributed by atoms with Gasteiger partial charge in [0, 0.05) is 25.7 Å². The van der Waals surface area contributed by atoms with Gasteiger partial charge in [-0.25, -0.2) is 0 Å². The smallest absolute Gasteiger partial charge is 0.0640 e. The fraction of sp³-hybridized carbons (Fsp3) is 0.727. The van der Waals surface area contributed by atoms with Crippen LogP contribution in [0.4, 0.5) is 0 Å². The Bertz CT molecular complexity index is 263. The molecule has 0 fully saturated rings. The van der Waals surface area contributed by atoms with E-state index >= 15 is 0 Å². The predicted molar refractivity (Wildman–Crippen MR) is 59.0 cm³/mol. The Hall–Kier alpha value is -0.830. The van der Waals surface area contributed by atoms with Crippen LogP contribution in [0.2, 0.25) is 0 Å². The Balaban J connectivity index is 2.51. The number of nitrogens with zero attached hydrogens (tertiary/aromatic N) is 2. The average molecular weight is 195 g/mol. The highest BCUT2D eigenvalue weighted by atomic mass is 15.2. The van der Waals surface area contributed by atoms with Gasteiger partial charge in [0.15, 0.2) is 0 Å². The first-order valence-electron chi connectivity index (χ1n) is 5.41. The van der Waals surface area contributed by atoms with E-state index in [4.69, 9.17) is 5.73 Å². The topological polar surface area (TPSA) is 43.8 Å². The van der Waals surface area contributed by atoms with Crippen molar-refractivity contribution in [3.05, 3.63) is 18.0 Å². The standard InChI is InChI=1S/C11H21N3/c1-4-9(5-2)11(12)8-10-6-7-14(3)13-10/h6-7,9,11H,4-5,8,12H2,1-3H3. The summed E-state index contributed by atoms with van der Waals surface area (Å²) in [5.41, 5.74) is 7.23. The van der Waals surface area contributed by atoms with Gasteiger partial charge in [0.2, 0.25) is 0 Å². The van der Waals surface area contributed by atoms with E-state index in [0.29, 0.717) is 5.92 Å². The molecule has 0 spiro atoms. The SMILES string of the molecule is CCC(CC)C(N)Cc1ccn(C)n1. The molecule has 14 heavy (non-hydrogen) atoms. The molecule has 0 aromatic carbocycles. The van der Waals surface area contributed by atoms with Gasteiger partial charge in [-0.1, -0.05) is 26.7 Å². The zero-order chi connectivity index (χ0) is 10.6. The molecule has 0 bridgehead atoms. The minimum absolute atomic E-state index is 0.250. The highest BCUT2D eigenvalue weighted by Crippen LogP contribution is 2.14. The van der Waals surface area contributed by atoms with Crippen LogP contribution in [-0.2, 0) is 13.5 Å². The van der Waals surface area contributed by atoms with Crippen molar-refractivity contribution >= 4 is 0 Å². The van der Waals surface area contributed by atoms with Crippen molar-refractivity contribution in [3.8, 4) is 0 Å². The largest absolute Gasteiger partial charge is 0.327 e. The molecule has 3 heteroatoms. The highest BCUT2D eigenvalue weighted by Gasteiger charge is 2.15. The Morgan fingerprint density at radius 1 is 1.43 bits per heavy atom. The number of aromatic nitrogens is 2. The van der Waals surface area contributed by atoms with Crippen molar-refractivity contribution in [3.63, 3.8) is 0 Å². The van der Waals surface area contributed by atoms with Crippen LogP contribution in [-0.4, -0.2) is 15.8 Å². The first-order valence-corrected chi connectivity index (χ1v) is 5.41. The summed E-state index contributed by atoms with van der Waals surface area (Å²) in [4.78, 5) is 0. The molecule has 0 aliphatic rings. The Labute approximate surface area is 86.3 Å². The van der Waals surface area contributed by atoms with Crippen molar-refractivity contribution in [1.29, 1.82) is 0 Å². The van der Waals surface area contributed by atoms with E-state index in [9.17, 15) is 0 Å². The van der Waals surface area contributed by atoms with E-state index < -0.39 is 0 Å². The molecule has 0 saturated carbocycles. The summed E-state index contributed by atoms with van der Waals surface area (Å²) in [6.07, 6.45) is 5.18. The second kappa shape index (κ2) is 5.15. The molecule has 0 radical (unpaired) electrons. The fourth-order valence-corrected chi connectivity index (χ4v) is 1.87. The number of aryl methyl sites for hydroxylation is 1. The second-order valence-electron chi connectivity index (χ2n) is 3.93. The molecule has 1 heterocycles. The molecule has 1 aromatic rings. The molecule has 3 nitrogen and oxygen atoms in total. The molecule has 0 amide bonds. The van der Waals surface area contributed by atoms with Crippen LogP contribution in [0, 0.1) is 5.92 Å². The molecule has 0 saturated heterocycles. The van der Waals surface area contributed by atoms with Gasteiger partial charge < -0.3 is 5.73 Å². The average Bonchev–Trinajstić information content (AvgIpc) is 2.53. The fourth-order valence-electron chi connectivity index (χ4n) is 1.87. The van der Waals surface area contributed by atoms with Crippen molar-refractivity contribution in [2.75, 3.05) is 0 Å². The van der Waals surface area contributed by atoms with Crippen LogP contribution in [0.3, 0.4) is 0 Å². The van der Waals surface area contributed by atoms with Gasteiger partial charge in [-0.3, -0.25) is 4.68 Å². The Kier molecular flexibility index (Phi) is 4.14. The van der Waals surface area contributed by atoms with E-state index in [2.05, 4.69) is 18.9 Å². The number of hydrogen-bond acceptors (Lipinski definition) is 2. The maximum Gasteiger partial charge on any atom is 0.0640 e. The third-order valence-electron chi connectivity index (χ3n) is 2.87. The van der Waals surface area contributed by atoms with Gasteiger partial charge in [-0.15, -0.1) is 0 Å². The number of rotatable bonds is 5. The highest BCUT2D eigenvalue weighted by molar-refractivity contribution is 5.01. The van der Waals surface area contributed by atoms with Gasteiger partial charge >= 0.3 is 0 Å². The summed E-state index contributed by atoms with van der Waals surface area (Å²) < 4.78 is 1.83. The van der Waals surface area contributed by atoms with Crippen LogP contribution in [0.25, 0.3) is 0 Å². The van der Waals surface area contributed by atoms with Gasteiger partial charge in [0.25, 0.3) is 0 Å². The quantitative estimate of drug-likeness (QED) is 0.777. The molecule has 1 unspecified atom stereocenters. The first kappa shape index (κ1) is 11.2. The van der Waals surface area contributed by atoms with E-state index in [1.807, 2.05) is 24.0 Å². The molecule has 0 aliphatic heterocycles. The molecular formula is C11H21N3. The van der Waals surface area contributed by atoms with Crippen LogP contribution >= 0.6 is 0 Å². The van der Waals surface area contributed by atoms with E-state index in [1.54, 1.807) is 0 Å². The lowest BCUT2D eigenvalue weighted by molar-refractivity contribution is 0.390. The van der Waals surface area contributed by atoms with Crippen molar-refractivity contribution < 1.29 is 0 Å². The van der Waals surface area contributed by atoms with E-state index in [-0.39, 0.29) is 6.04 Å². The molecule has 2 N–H and O–H groups in total. The monoisotopic (exact) mass is 195 g/mol. The van der Waals surface area contributed by atoms with Crippen LogP contribution in [0.1, 0.15) is 32.4 Å². The third kappa shape index (κ3) is 2.84. The molecule has 80 valence electrons. The maximum atomic E-state index is 6.13. The van der Waals surface area contributed by atoms with Crippen molar-refractivity contribution in [2.24, 2.45) is 18.7 Å². The molecule has 1 atom stereocenters. The lowest BCUT2D eigenvalue weighted by atomic mass is 9.92. The number of nitrogens with two attached hydrogens (primary N) is 1. The maximum absolute atomic E-state index is 6.13. The summed E-state index contributed by atoms with van der Waals surface area (Å²) in [6.45, 7) is 4.40. The van der Waals surface area contributed by atoms with E-state index in [1.165, 1.54) is 0 Å². The van der Waals surface area contributed by atoms with Crippen molar-refractivity contribution in [2.45, 2.75) is 39.2 Å². The minimum atomic E-state index is 0.250. The summed E-state index contributed by atoms with van der Waals surface area (Å²) in [6, 6.07) is 2.29. The lowest BCUT2D eigenvalue weighted by Gasteiger charge is -2.19. The zero-order valence-electron chi connectivity index (χ0n) is 9.40. The minimum Gasteiger partial charge on any atom is -0.327 e. The van der Waals surface area contributed by atoms with Gasteiger partial charge in [0.1, 0.15) is 0 Å². The molecular weight excluding hydrogens is 174 g/mol. The molecule has 1 aromatic heterocycles. The summed E-state index contributed by atoms with van der Waals surface area (Å²) in [5.74, 6) is 0.622. The Morgan fingerprint density at radius 2 is 2.07 bits per heavy atom. The zero-order valence-corrected chi connectivity index (χ0v) is 9.40. The Morgan fingerprint density at radius 3 is 2.50 bits per heavy atom. The van der Waals surface area contributed by atoms with Crippen LogP contribution < -0.4 is 5.73 Å².